The molecular formula is C76H59N. The van der Waals surface area contributed by atoms with E-state index in [1.807, 2.05) is 0 Å². The Morgan fingerprint density at radius 2 is 0.481 bits per heavy atom. The van der Waals surface area contributed by atoms with Gasteiger partial charge in [-0.1, -0.05) is 171 Å². The molecule has 12 aromatic carbocycles. The van der Waals surface area contributed by atoms with Gasteiger partial charge < -0.3 is 4.90 Å². The summed E-state index contributed by atoms with van der Waals surface area (Å²) in [5.74, 6) is 0. The Morgan fingerprint density at radius 3 is 0.857 bits per heavy atom. The Balaban J connectivity index is 0.818. The third kappa shape index (κ3) is 6.12. The maximum Gasteiger partial charge on any atom is 0.0468 e. The molecule has 0 saturated heterocycles. The van der Waals surface area contributed by atoms with E-state index < -0.39 is 0 Å². The fourth-order valence-electron chi connectivity index (χ4n) is 14.9. The monoisotopic (exact) mass is 985 g/mol. The van der Waals surface area contributed by atoms with Gasteiger partial charge in [0.15, 0.2) is 0 Å². The number of nitrogens with zero attached hydrogens (tertiary/aromatic N) is 1. The van der Waals surface area contributed by atoms with Crippen LogP contribution in [-0.4, -0.2) is 0 Å². The molecule has 12 aromatic rings. The summed E-state index contributed by atoms with van der Waals surface area (Å²) in [6.07, 6.45) is 0. The quantitative estimate of drug-likeness (QED) is 0.170. The Labute approximate surface area is 452 Å². The van der Waals surface area contributed by atoms with Gasteiger partial charge in [0.1, 0.15) is 0 Å². The summed E-state index contributed by atoms with van der Waals surface area (Å²) in [6.45, 7) is 19.4. The zero-order chi connectivity index (χ0) is 52.1. The average molecular weight is 986 g/mol. The van der Waals surface area contributed by atoms with Crippen molar-refractivity contribution in [3.8, 4) is 55.6 Å². The summed E-state index contributed by atoms with van der Waals surface area (Å²) in [5, 5.41) is 10.2. The molecule has 16 rings (SSSR count). The first-order valence-electron chi connectivity index (χ1n) is 27.7. The highest BCUT2D eigenvalue weighted by Crippen LogP contribution is 2.59. The average Bonchev–Trinajstić information content (AvgIpc) is 4.18. The van der Waals surface area contributed by atoms with E-state index in [4.69, 9.17) is 0 Å². The van der Waals surface area contributed by atoms with Gasteiger partial charge in [0.25, 0.3) is 0 Å². The molecule has 4 aliphatic carbocycles. The lowest BCUT2D eigenvalue weighted by Gasteiger charge is -2.27. The van der Waals surface area contributed by atoms with E-state index in [1.165, 1.54) is 143 Å². The third-order valence-electron chi connectivity index (χ3n) is 19.3. The molecule has 0 fully saturated rings. The van der Waals surface area contributed by atoms with Crippen LogP contribution in [0, 0.1) is 0 Å². The summed E-state index contributed by atoms with van der Waals surface area (Å²) in [6, 6.07) is 81.6. The van der Waals surface area contributed by atoms with Crippen LogP contribution in [0.15, 0.2) is 212 Å². The Kier molecular flexibility index (Phi) is 8.78. The molecule has 1 nitrogen and oxygen atoms in total. The highest BCUT2D eigenvalue weighted by Gasteiger charge is 2.44. The zero-order valence-electron chi connectivity index (χ0n) is 45.2. The lowest BCUT2D eigenvalue weighted by atomic mass is 9.77. The Bertz CT molecular complexity index is 4350. The predicted octanol–water partition coefficient (Wildman–Crippen LogP) is 20.7. The van der Waals surface area contributed by atoms with Crippen LogP contribution in [0.5, 0.6) is 0 Å². The molecule has 0 bridgehead atoms. The van der Waals surface area contributed by atoms with E-state index in [0.717, 1.165) is 17.1 Å². The van der Waals surface area contributed by atoms with Crippen molar-refractivity contribution in [2.45, 2.75) is 77.0 Å². The van der Waals surface area contributed by atoms with Crippen molar-refractivity contribution in [2.24, 2.45) is 0 Å². The minimum Gasteiger partial charge on any atom is -0.310 e. The smallest absolute Gasteiger partial charge is 0.0468 e. The Morgan fingerprint density at radius 1 is 0.208 bits per heavy atom. The van der Waals surface area contributed by atoms with Crippen LogP contribution in [0.4, 0.5) is 17.1 Å². The maximum atomic E-state index is 2.56. The van der Waals surface area contributed by atoms with Crippen molar-refractivity contribution in [3.05, 3.63) is 257 Å². The van der Waals surface area contributed by atoms with Crippen LogP contribution < -0.4 is 4.90 Å². The fraction of sp³-hybridized carbons (Fsp3) is 0.158. The second kappa shape index (κ2) is 15.1. The normalized spacial score (nSPS) is 15.9. The molecule has 0 saturated carbocycles. The molecule has 0 spiro atoms. The standard InChI is InChI=1S/C76H59N/c1-73(2)65-36-48-20-14-12-18-46(48)32-57(65)61-40-63-59-34-50-24-28-55(30-52(50)38-67(59)75(5,6)71(63)42-69(61)73)77(54-26-22-45(23-27-54)44-16-10-9-11-17-44)56-29-25-51-35-60-64-41-62-58-33-47-19-13-15-21-49(47)37-66(58)74(3,4)70(62)43-72(64)76(7,8)68(60)39-53(51)31-56/h9-43H,1-8H3. The van der Waals surface area contributed by atoms with Gasteiger partial charge in [-0.05, 0) is 240 Å². The number of anilines is 3. The first-order valence-corrected chi connectivity index (χ1v) is 27.7. The molecule has 0 amide bonds. The molecule has 0 aromatic heterocycles. The van der Waals surface area contributed by atoms with Gasteiger partial charge >= 0.3 is 0 Å². The number of hydrogen-bond donors (Lipinski definition) is 0. The van der Waals surface area contributed by atoms with Crippen molar-refractivity contribution in [2.75, 3.05) is 4.90 Å². The summed E-state index contributed by atoms with van der Waals surface area (Å²) < 4.78 is 0. The first-order chi connectivity index (χ1) is 37.1. The summed E-state index contributed by atoms with van der Waals surface area (Å²) >= 11 is 0. The van der Waals surface area contributed by atoms with Gasteiger partial charge in [-0.3, -0.25) is 0 Å². The minimum atomic E-state index is -0.172. The van der Waals surface area contributed by atoms with Crippen LogP contribution >= 0.6 is 0 Å². The first kappa shape index (κ1) is 44.7. The van der Waals surface area contributed by atoms with Gasteiger partial charge in [0.05, 0.1) is 0 Å². The third-order valence-corrected chi connectivity index (χ3v) is 19.3. The molecular weight excluding hydrogens is 927 g/mol. The number of hydrogen-bond acceptors (Lipinski definition) is 1. The van der Waals surface area contributed by atoms with Crippen molar-refractivity contribution in [1.82, 2.24) is 0 Å². The molecule has 0 aliphatic heterocycles. The predicted molar refractivity (Wildman–Crippen MR) is 327 cm³/mol. The van der Waals surface area contributed by atoms with E-state index >= 15 is 0 Å². The molecule has 0 heterocycles. The number of benzene rings is 12. The van der Waals surface area contributed by atoms with Crippen LogP contribution in [0.2, 0.25) is 0 Å². The van der Waals surface area contributed by atoms with Crippen LogP contribution in [-0.2, 0) is 21.7 Å². The lowest BCUT2D eigenvalue weighted by Crippen LogP contribution is -2.18. The second-order valence-electron chi connectivity index (χ2n) is 25.0. The van der Waals surface area contributed by atoms with E-state index in [2.05, 4.69) is 273 Å². The van der Waals surface area contributed by atoms with Crippen LogP contribution in [0.1, 0.15) is 99.9 Å². The lowest BCUT2D eigenvalue weighted by molar-refractivity contribution is 0.640. The summed E-state index contributed by atoms with van der Waals surface area (Å²) in [5.41, 5.74) is 27.6. The Hall–Kier alpha value is -8.52. The molecule has 368 valence electrons. The molecule has 0 unspecified atom stereocenters. The van der Waals surface area contributed by atoms with Gasteiger partial charge in [-0.15, -0.1) is 0 Å². The van der Waals surface area contributed by atoms with Gasteiger partial charge in [0, 0.05) is 38.7 Å². The molecule has 77 heavy (non-hydrogen) atoms. The minimum absolute atomic E-state index is 0.0949. The molecule has 4 aliphatic rings. The topological polar surface area (TPSA) is 3.24 Å². The molecule has 0 radical (unpaired) electrons. The van der Waals surface area contributed by atoms with Crippen molar-refractivity contribution >= 4 is 60.2 Å². The summed E-state index contributed by atoms with van der Waals surface area (Å²) in [7, 11) is 0. The van der Waals surface area contributed by atoms with Crippen molar-refractivity contribution < 1.29 is 0 Å². The van der Waals surface area contributed by atoms with E-state index in [1.54, 1.807) is 0 Å². The van der Waals surface area contributed by atoms with Crippen molar-refractivity contribution in [1.29, 1.82) is 0 Å². The number of rotatable bonds is 4. The van der Waals surface area contributed by atoms with Gasteiger partial charge in [-0.25, -0.2) is 0 Å². The fourth-order valence-corrected chi connectivity index (χ4v) is 14.9. The molecule has 1 heteroatoms. The highest BCUT2D eigenvalue weighted by atomic mass is 15.1. The van der Waals surface area contributed by atoms with Gasteiger partial charge in [0.2, 0.25) is 0 Å². The highest BCUT2D eigenvalue weighted by molar-refractivity contribution is 6.03. The largest absolute Gasteiger partial charge is 0.310 e. The van der Waals surface area contributed by atoms with Crippen LogP contribution in [0.25, 0.3) is 98.7 Å². The molecule has 0 atom stereocenters. The van der Waals surface area contributed by atoms with Gasteiger partial charge in [-0.2, -0.15) is 0 Å². The van der Waals surface area contributed by atoms with Crippen LogP contribution in [0.3, 0.4) is 0 Å². The summed E-state index contributed by atoms with van der Waals surface area (Å²) in [4.78, 5) is 2.47. The maximum absolute atomic E-state index is 2.56. The zero-order valence-corrected chi connectivity index (χ0v) is 45.2. The SMILES string of the molecule is CC1(C)c2cc3c(cc2-c2cc4ccccc4cc21)-c1cc2ccc(N(c4ccc(-c5ccccc5)cc4)c4ccc5cc6c(cc5c4)C(C)(C)c4cc5c(cc4-6)-c4cc6ccccc6cc4C5(C)C)cc2cc1C3(C)C. The number of fused-ring (bicyclic) bond motifs is 16. The molecule has 0 N–H and O–H groups in total. The van der Waals surface area contributed by atoms with E-state index in [9.17, 15) is 0 Å². The van der Waals surface area contributed by atoms with E-state index in [-0.39, 0.29) is 21.7 Å². The van der Waals surface area contributed by atoms with Crippen molar-refractivity contribution in [3.63, 3.8) is 0 Å². The van der Waals surface area contributed by atoms with E-state index in [0.29, 0.717) is 0 Å². The second-order valence-corrected chi connectivity index (χ2v) is 25.0.